The first kappa shape index (κ1) is 9.27. The van der Waals surface area contributed by atoms with Crippen molar-refractivity contribution in [1.29, 1.82) is 0 Å². The second kappa shape index (κ2) is 3.84. The average molecular weight is 254 g/mol. The average Bonchev–Trinajstić information content (AvgIpc) is 2.65. The van der Waals surface area contributed by atoms with Crippen LogP contribution in [0, 0.1) is 0 Å². The molecule has 0 radical (unpaired) electrons. The van der Waals surface area contributed by atoms with E-state index in [2.05, 4.69) is 20.9 Å². The van der Waals surface area contributed by atoms with Gasteiger partial charge in [-0.2, -0.15) is 0 Å². The first-order chi connectivity index (χ1) is 6.79. The van der Waals surface area contributed by atoms with Crippen LogP contribution in [0.4, 0.5) is 0 Å². The van der Waals surface area contributed by atoms with Crippen LogP contribution in [0.5, 0.6) is 5.75 Å². The van der Waals surface area contributed by atoms with Crippen molar-refractivity contribution >= 4 is 15.9 Å². The quantitative estimate of drug-likeness (QED) is 0.825. The van der Waals surface area contributed by atoms with Crippen LogP contribution >= 0.6 is 15.9 Å². The number of halogens is 1. The zero-order valence-electron chi connectivity index (χ0n) is 7.53. The molecule has 0 amide bonds. The summed E-state index contributed by atoms with van der Waals surface area (Å²) in [5.41, 5.74) is 0.976. The van der Waals surface area contributed by atoms with Gasteiger partial charge in [-0.3, -0.25) is 0 Å². The lowest BCUT2D eigenvalue weighted by atomic mass is 10.2. The van der Waals surface area contributed by atoms with Gasteiger partial charge in [0.15, 0.2) is 5.76 Å². The van der Waals surface area contributed by atoms with E-state index in [0.29, 0.717) is 4.80 Å². The van der Waals surface area contributed by atoms with E-state index in [9.17, 15) is 0 Å². The first-order valence-corrected chi connectivity index (χ1v) is 4.84. The molecule has 0 aliphatic heterocycles. The van der Waals surface area contributed by atoms with E-state index in [1.807, 2.05) is 24.3 Å². The Labute approximate surface area is 89.8 Å². The minimum atomic E-state index is 0.489. The summed E-state index contributed by atoms with van der Waals surface area (Å²) >= 11 is 3.16. The van der Waals surface area contributed by atoms with E-state index in [4.69, 9.17) is 9.15 Å². The Bertz CT molecular complexity index is 422. The molecule has 0 unspecified atom stereocenters. The molecule has 0 bridgehead atoms. The molecule has 14 heavy (non-hydrogen) atoms. The van der Waals surface area contributed by atoms with Crippen LogP contribution in [0.3, 0.4) is 0 Å². The topological polar surface area (TPSA) is 35.3 Å². The summed E-state index contributed by atoms with van der Waals surface area (Å²) < 4.78 is 10.4. The molecular formula is C10H8BrNO2. The van der Waals surface area contributed by atoms with Crippen molar-refractivity contribution in [2.24, 2.45) is 0 Å². The van der Waals surface area contributed by atoms with E-state index < -0.39 is 0 Å². The Morgan fingerprint density at radius 2 is 2.00 bits per heavy atom. The van der Waals surface area contributed by atoms with Crippen LogP contribution < -0.4 is 4.74 Å². The summed E-state index contributed by atoms with van der Waals surface area (Å²) in [4.78, 5) is 4.44. The molecule has 0 saturated carbocycles. The third-order valence-corrected chi connectivity index (χ3v) is 2.22. The second-order valence-electron chi connectivity index (χ2n) is 2.71. The van der Waals surface area contributed by atoms with Crippen molar-refractivity contribution in [1.82, 2.24) is 4.98 Å². The number of oxazole rings is 1. The summed E-state index contributed by atoms with van der Waals surface area (Å²) in [6.45, 7) is 0. The molecule has 0 saturated heterocycles. The van der Waals surface area contributed by atoms with E-state index >= 15 is 0 Å². The van der Waals surface area contributed by atoms with Crippen molar-refractivity contribution in [3.05, 3.63) is 35.3 Å². The molecule has 0 N–H and O–H groups in total. The number of benzene rings is 1. The van der Waals surface area contributed by atoms with Gasteiger partial charge in [0.2, 0.25) is 0 Å². The van der Waals surface area contributed by atoms with E-state index in [1.54, 1.807) is 13.3 Å². The summed E-state index contributed by atoms with van der Waals surface area (Å²) in [5, 5.41) is 0. The van der Waals surface area contributed by atoms with Crippen LogP contribution in [0.1, 0.15) is 0 Å². The number of nitrogens with zero attached hydrogens (tertiary/aromatic N) is 1. The number of rotatable bonds is 2. The molecular weight excluding hydrogens is 246 g/mol. The highest BCUT2D eigenvalue weighted by molar-refractivity contribution is 9.10. The normalized spacial score (nSPS) is 10.1. The van der Waals surface area contributed by atoms with Gasteiger partial charge in [-0.05, 0) is 24.3 Å². The highest BCUT2D eigenvalue weighted by Gasteiger charge is 2.03. The lowest BCUT2D eigenvalue weighted by Gasteiger charge is -1.99. The summed E-state index contributed by atoms with van der Waals surface area (Å²) in [6, 6.07) is 7.61. The van der Waals surface area contributed by atoms with Crippen LogP contribution in [-0.2, 0) is 0 Å². The molecule has 2 rings (SSSR count). The summed E-state index contributed by atoms with van der Waals surface area (Å²) in [7, 11) is 1.64. The van der Waals surface area contributed by atoms with Crippen molar-refractivity contribution in [3.63, 3.8) is 0 Å². The van der Waals surface area contributed by atoms with Gasteiger partial charge >= 0.3 is 0 Å². The summed E-state index contributed by atoms with van der Waals surface area (Å²) in [5.74, 6) is 1.56. The smallest absolute Gasteiger partial charge is 0.264 e. The largest absolute Gasteiger partial charge is 0.497 e. The maximum atomic E-state index is 5.31. The minimum absolute atomic E-state index is 0.489. The van der Waals surface area contributed by atoms with Gasteiger partial charge in [0.05, 0.1) is 13.3 Å². The lowest BCUT2D eigenvalue weighted by Crippen LogP contribution is -1.81. The molecule has 0 spiro atoms. The first-order valence-electron chi connectivity index (χ1n) is 4.05. The van der Waals surface area contributed by atoms with Crippen LogP contribution in [0.15, 0.2) is 39.7 Å². The highest BCUT2D eigenvalue weighted by Crippen LogP contribution is 2.24. The van der Waals surface area contributed by atoms with Gasteiger partial charge in [0.25, 0.3) is 4.80 Å². The maximum Gasteiger partial charge on any atom is 0.264 e. The molecule has 3 nitrogen and oxygen atoms in total. The molecule has 0 atom stereocenters. The molecule has 0 aliphatic rings. The molecule has 0 fully saturated rings. The minimum Gasteiger partial charge on any atom is -0.497 e. The van der Waals surface area contributed by atoms with Gasteiger partial charge in [-0.15, -0.1) is 0 Å². The Kier molecular flexibility index (Phi) is 2.54. The predicted octanol–water partition coefficient (Wildman–Crippen LogP) is 3.11. The van der Waals surface area contributed by atoms with Gasteiger partial charge in [-0.1, -0.05) is 0 Å². The van der Waals surface area contributed by atoms with Crippen molar-refractivity contribution in [2.45, 2.75) is 0 Å². The predicted molar refractivity (Wildman–Crippen MR) is 56.2 cm³/mol. The van der Waals surface area contributed by atoms with Gasteiger partial charge in [0, 0.05) is 21.5 Å². The molecule has 4 heteroatoms. The molecule has 2 aromatic rings. The number of hydrogen-bond donors (Lipinski definition) is 0. The lowest BCUT2D eigenvalue weighted by molar-refractivity contribution is 0.415. The third kappa shape index (κ3) is 1.80. The van der Waals surface area contributed by atoms with Crippen molar-refractivity contribution in [2.75, 3.05) is 7.11 Å². The Morgan fingerprint density at radius 1 is 1.29 bits per heavy atom. The van der Waals surface area contributed by atoms with Crippen LogP contribution in [0.25, 0.3) is 11.3 Å². The molecule has 1 heterocycles. The zero-order chi connectivity index (χ0) is 9.97. The van der Waals surface area contributed by atoms with E-state index in [0.717, 1.165) is 17.1 Å². The monoisotopic (exact) mass is 253 g/mol. The van der Waals surface area contributed by atoms with Crippen LogP contribution in [0.2, 0.25) is 0 Å². The molecule has 1 aromatic carbocycles. The Hall–Kier alpha value is -1.29. The van der Waals surface area contributed by atoms with E-state index in [-0.39, 0.29) is 0 Å². The fourth-order valence-electron chi connectivity index (χ4n) is 1.14. The number of hydrogen-bond acceptors (Lipinski definition) is 3. The number of aromatic nitrogens is 1. The zero-order valence-corrected chi connectivity index (χ0v) is 9.11. The highest BCUT2D eigenvalue weighted by atomic mass is 79.9. The standard InChI is InChI=1S/C10H8BrNO2/c1-13-8-4-2-7(3-5-8)9-6-12-10(11)14-9/h2-6H,1H3. The van der Waals surface area contributed by atoms with Crippen molar-refractivity contribution < 1.29 is 9.15 Å². The van der Waals surface area contributed by atoms with Crippen LogP contribution in [-0.4, -0.2) is 12.1 Å². The molecule has 72 valence electrons. The third-order valence-electron chi connectivity index (χ3n) is 1.85. The maximum absolute atomic E-state index is 5.31. The van der Waals surface area contributed by atoms with Gasteiger partial charge in [-0.25, -0.2) is 4.98 Å². The Balaban J connectivity index is 2.33. The number of methoxy groups -OCH3 is 1. The molecule has 0 aliphatic carbocycles. The fraction of sp³-hybridized carbons (Fsp3) is 0.100. The summed E-state index contributed by atoms with van der Waals surface area (Å²) in [6.07, 6.45) is 1.67. The van der Waals surface area contributed by atoms with Gasteiger partial charge < -0.3 is 9.15 Å². The fourth-order valence-corrected chi connectivity index (χ4v) is 1.42. The second-order valence-corrected chi connectivity index (χ2v) is 3.38. The SMILES string of the molecule is COc1ccc(-c2cnc(Br)o2)cc1. The van der Waals surface area contributed by atoms with Crippen molar-refractivity contribution in [3.8, 4) is 17.1 Å². The number of ether oxygens (including phenoxy) is 1. The molecule has 1 aromatic heterocycles. The van der Waals surface area contributed by atoms with E-state index in [1.165, 1.54) is 0 Å². The Morgan fingerprint density at radius 3 is 2.50 bits per heavy atom. The van der Waals surface area contributed by atoms with Gasteiger partial charge in [0.1, 0.15) is 5.75 Å².